The second kappa shape index (κ2) is 35.3. The lowest BCUT2D eigenvalue weighted by molar-refractivity contribution is -0.925. The Kier molecular flexibility index (Phi) is 36.6. The first kappa shape index (κ1) is 62.1. The third-order valence-corrected chi connectivity index (χ3v) is 13.1. The quantitative estimate of drug-likeness (QED) is 0.0278. The summed E-state index contributed by atoms with van der Waals surface area (Å²) in [4.78, 5) is 46.4. The molecule has 0 N–H and O–H groups in total. The number of methoxy groups -OCH3 is 1. The maximum Gasteiger partial charge on any atom is 0.311 e. The van der Waals surface area contributed by atoms with E-state index in [1.54, 1.807) is 0 Å². The van der Waals surface area contributed by atoms with Crippen molar-refractivity contribution < 1.29 is 42.6 Å². The zero-order chi connectivity index (χ0) is 46.7. The van der Waals surface area contributed by atoms with Crippen molar-refractivity contribution in [2.75, 3.05) is 53.1 Å². The largest absolute Gasteiger partial charge is 0.469 e. The van der Waals surface area contributed by atoms with E-state index < -0.39 is 10.8 Å². The van der Waals surface area contributed by atoms with Gasteiger partial charge in [0, 0.05) is 0 Å². The molecule has 0 aromatic carbocycles. The summed E-state index contributed by atoms with van der Waals surface area (Å²) in [6, 6.07) is 0. The van der Waals surface area contributed by atoms with E-state index in [9.17, 15) is 19.2 Å². The third kappa shape index (κ3) is 30.0. The van der Waals surface area contributed by atoms with Crippen molar-refractivity contribution in [2.45, 2.75) is 232 Å². The molecule has 0 aliphatic carbocycles. The van der Waals surface area contributed by atoms with Gasteiger partial charge in [0.1, 0.15) is 26.4 Å². The van der Waals surface area contributed by atoms with E-state index in [0.29, 0.717) is 19.4 Å². The minimum Gasteiger partial charge on any atom is -0.469 e. The highest BCUT2D eigenvalue weighted by Crippen LogP contribution is 2.24. The van der Waals surface area contributed by atoms with Crippen LogP contribution < -0.4 is 0 Å². The van der Waals surface area contributed by atoms with Gasteiger partial charge in [-0.25, -0.2) is 0 Å². The second-order valence-electron chi connectivity index (χ2n) is 19.6. The average Bonchev–Trinajstić information content (AvgIpc) is 3.23. The molecule has 0 unspecified atom stereocenters. The first-order chi connectivity index (χ1) is 28.1. The van der Waals surface area contributed by atoms with Crippen molar-refractivity contribution in [1.29, 1.82) is 0 Å². The van der Waals surface area contributed by atoms with Crippen LogP contribution in [0.25, 0.3) is 0 Å². The van der Waals surface area contributed by atoms with E-state index in [0.717, 1.165) is 37.0 Å². The van der Waals surface area contributed by atoms with Gasteiger partial charge in [-0.05, 0) is 108 Å². The number of esters is 4. The van der Waals surface area contributed by atoms with Crippen LogP contribution in [0.2, 0.25) is 0 Å². The Balaban J connectivity index is -0.000000996. The van der Waals surface area contributed by atoms with Gasteiger partial charge in [-0.3, -0.25) is 19.2 Å². The Bertz CT molecular complexity index is 1060. The zero-order valence-electron chi connectivity index (χ0n) is 42.8. The number of unbranched alkanes of at least 4 members (excludes halogenated alkanes) is 15. The van der Waals surface area contributed by atoms with Crippen LogP contribution in [-0.2, 0) is 38.1 Å². The van der Waals surface area contributed by atoms with Gasteiger partial charge in [-0.2, -0.15) is 0 Å². The van der Waals surface area contributed by atoms with Crippen LogP contribution in [0.15, 0.2) is 0 Å². The monoisotopic (exact) mass is 857 g/mol. The molecule has 0 amide bonds. The van der Waals surface area contributed by atoms with Gasteiger partial charge in [-0.15, -0.1) is 0 Å². The van der Waals surface area contributed by atoms with E-state index in [4.69, 9.17) is 14.2 Å². The molecular weight excluding hydrogens is 755 g/mol. The Labute approximate surface area is 372 Å². The molecule has 0 fully saturated rings. The number of hydrogen-bond acceptors (Lipinski definition) is 8. The molecule has 0 bridgehead atoms. The van der Waals surface area contributed by atoms with Crippen LogP contribution in [0.1, 0.15) is 232 Å². The Hall–Kier alpha value is -2.16. The fraction of sp³-hybridized carbons (Fsp3) is 0.922. The molecule has 358 valence electrons. The molecule has 0 saturated carbocycles. The molecule has 0 heterocycles. The number of ether oxygens (including phenoxy) is 4. The molecule has 0 aromatic heterocycles. The van der Waals surface area contributed by atoms with E-state index in [1.807, 2.05) is 76.2 Å². The molecule has 9 heteroatoms. The van der Waals surface area contributed by atoms with Crippen molar-refractivity contribution in [3.63, 3.8) is 0 Å². The summed E-state index contributed by atoms with van der Waals surface area (Å²) in [5.74, 6) is -0.686. The van der Waals surface area contributed by atoms with E-state index >= 15 is 0 Å². The predicted molar refractivity (Wildman–Crippen MR) is 252 cm³/mol. The third-order valence-electron chi connectivity index (χ3n) is 13.1. The van der Waals surface area contributed by atoms with Gasteiger partial charge in [0.05, 0.1) is 48.4 Å². The van der Waals surface area contributed by atoms with Crippen LogP contribution in [0.3, 0.4) is 0 Å². The van der Waals surface area contributed by atoms with Gasteiger partial charge in [0.25, 0.3) is 0 Å². The second-order valence-corrected chi connectivity index (χ2v) is 19.6. The number of hydrogen-bond donors (Lipinski definition) is 0. The number of carbonyl (C=O) groups is 4. The molecule has 9 nitrogen and oxygen atoms in total. The highest BCUT2D eigenvalue weighted by atomic mass is 16.6. The normalized spacial score (nSPS) is 12.1. The lowest BCUT2D eigenvalue weighted by Crippen LogP contribution is -2.50. The van der Waals surface area contributed by atoms with Crippen LogP contribution >= 0.6 is 0 Å². The van der Waals surface area contributed by atoms with Gasteiger partial charge in [0.2, 0.25) is 0 Å². The molecular formula is C51H102NO8+. The van der Waals surface area contributed by atoms with Crippen LogP contribution in [0, 0.1) is 21.7 Å². The molecule has 0 aromatic rings. The standard InChI is InChI=1S/C30H62NO2.C14H26O4.C7H14O2/c1-7-11-12-13-14-15-16-17-18-19-20-21-22-23-24-25-26-31(9-3,10-4)27-28-33-29(32)30(5,6)8-2;1-7-13(3,4)11(15)17-9-10-18-12(16)14(5,6)8-2;1-5-7(2,3)6(8)9-4/h7-28H2,1-6H3;7-10H2,1-6H3;5H2,1-4H3/q+1;;. The summed E-state index contributed by atoms with van der Waals surface area (Å²) < 4.78 is 21.4. The van der Waals surface area contributed by atoms with E-state index in [2.05, 4.69) is 32.4 Å². The van der Waals surface area contributed by atoms with Gasteiger partial charge >= 0.3 is 23.9 Å². The summed E-state index contributed by atoms with van der Waals surface area (Å²) in [5, 5.41) is 0. The van der Waals surface area contributed by atoms with Gasteiger partial charge < -0.3 is 23.4 Å². The highest BCUT2D eigenvalue weighted by molar-refractivity contribution is 5.77. The minimum atomic E-state index is -0.479. The van der Waals surface area contributed by atoms with Crippen molar-refractivity contribution in [3.05, 3.63) is 0 Å². The zero-order valence-corrected chi connectivity index (χ0v) is 42.8. The van der Waals surface area contributed by atoms with Crippen molar-refractivity contribution in [2.24, 2.45) is 21.7 Å². The molecule has 0 spiro atoms. The molecule has 60 heavy (non-hydrogen) atoms. The lowest BCUT2D eigenvalue weighted by atomic mass is 9.90. The minimum absolute atomic E-state index is 0.0438. The molecule has 0 rings (SSSR count). The maximum absolute atomic E-state index is 12.2. The molecule has 0 aliphatic heterocycles. The van der Waals surface area contributed by atoms with E-state index in [1.165, 1.54) is 116 Å². The summed E-state index contributed by atoms with van der Waals surface area (Å²) in [7, 11) is 1.42. The first-order valence-corrected chi connectivity index (χ1v) is 24.5. The fourth-order valence-corrected chi connectivity index (χ4v) is 6.00. The van der Waals surface area contributed by atoms with E-state index in [-0.39, 0.29) is 47.9 Å². The fourth-order valence-electron chi connectivity index (χ4n) is 6.00. The first-order valence-electron chi connectivity index (χ1n) is 24.5. The smallest absolute Gasteiger partial charge is 0.311 e. The van der Waals surface area contributed by atoms with Crippen LogP contribution in [0.5, 0.6) is 0 Å². The summed E-state index contributed by atoms with van der Waals surface area (Å²) in [6.07, 6.45) is 25.7. The van der Waals surface area contributed by atoms with Crippen molar-refractivity contribution in [3.8, 4) is 0 Å². The van der Waals surface area contributed by atoms with Crippen LogP contribution in [-0.4, -0.2) is 81.5 Å². The molecule has 0 saturated heterocycles. The number of quaternary nitrogens is 1. The van der Waals surface area contributed by atoms with Crippen molar-refractivity contribution in [1.82, 2.24) is 0 Å². The Morgan fingerprint density at radius 1 is 0.367 bits per heavy atom. The van der Waals surface area contributed by atoms with Gasteiger partial charge in [-0.1, -0.05) is 125 Å². The summed E-state index contributed by atoms with van der Waals surface area (Å²) in [5.41, 5.74) is -1.63. The lowest BCUT2D eigenvalue weighted by Gasteiger charge is -2.37. The highest BCUT2D eigenvalue weighted by Gasteiger charge is 2.30. The molecule has 0 aliphatic rings. The summed E-state index contributed by atoms with van der Waals surface area (Å²) >= 11 is 0. The Morgan fingerprint density at radius 3 is 0.883 bits per heavy atom. The van der Waals surface area contributed by atoms with Crippen LogP contribution in [0.4, 0.5) is 0 Å². The van der Waals surface area contributed by atoms with Gasteiger partial charge in [0.15, 0.2) is 0 Å². The summed E-state index contributed by atoms with van der Waals surface area (Å²) in [6.45, 7) is 35.0. The average molecular weight is 857 g/mol. The molecule has 0 radical (unpaired) electrons. The predicted octanol–water partition coefficient (Wildman–Crippen LogP) is 13.6. The van der Waals surface area contributed by atoms with Crippen molar-refractivity contribution >= 4 is 23.9 Å². The maximum atomic E-state index is 12.2. The SMILES string of the molecule is CCC(C)(C)C(=O)OC.CCC(C)(C)C(=O)OCCOC(=O)C(C)(C)CC.CCCCCCCCCCCCCCCCCC[N+](CC)(CC)CCOC(=O)C(C)(C)CC. The Morgan fingerprint density at radius 2 is 0.633 bits per heavy atom. The number of rotatable bonds is 33. The molecule has 0 atom stereocenters. The number of carbonyl (C=O) groups excluding carboxylic acids is 4. The number of likely N-dealkylation sites (N-methyl/N-ethyl adjacent to an activating group) is 1. The topological polar surface area (TPSA) is 105 Å². The number of nitrogens with zero attached hydrogens (tertiary/aromatic N) is 1.